The highest BCUT2D eigenvalue weighted by Crippen LogP contribution is 2.14. The molecule has 0 aliphatic rings. The number of rotatable bonds is 13. The Morgan fingerprint density at radius 3 is 1.97 bits per heavy atom. The summed E-state index contributed by atoms with van der Waals surface area (Å²) in [5.74, 6) is -0.292. The summed E-state index contributed by atoms with van der Waals surface area (Å²) in [6.45, 7) is 4.55. The third-order valence-corrected chi connectivity index (χ3v) is 4.68. The van der Waals surface area contributed by atoms with Crippen LogP contribution in [0.1, 0.15) is 66.7 Å². The normalized spacial score (nSPS) is 10.2. The maximum Gasteiger partial charge on any atom is 0.338 e. The average Bonchev–Trinajstić information content (AvgIpc) is 2.84. The highest BCUT2D eigenvalue weighted by Gasteiger charge is 2.10. The molecule has 0 aliphatic heterocycles. The van der Waals surface area contributed by atoms with Gasteiger partial charge in [-0.05, 0) is 61.9 Å². The van der Waals surface area contributed by atoms with Gasteiger partial charge in [-0.2, -0.15) is 0 Å². The van der Waals surface area contributed by atoms with E-state index in [-0.39, 0.29) is 6.61 Å². The van der Waals surface area contributed by atoms with Gasteiger partial charge >= 0.3 is 5.97 Å². The SMILES string of the molecule is CCCCCCCOc1ccc(C(=O)NNC(=O)COc2ccc(C(=O)OCC)cc2)cc1. The lowest BCUT2D eigenvalue weighted by atomic mass is 10.2. The van der Waals surface area contributed by atoms with E-state index in [1.54, 1.807) is 55.5 Å². The Bertz CT molecular complexity index is 881. The zero-order valence-corrected chi connectivity index (χ0v) is 19.2. The van der Waals surface area contributed by atoms with Crippen LogP contribution >= 0.6 is 0 Å². The first-order valence-electron chi connectivity index (χ1n) is 11.3. The highest BCUT2D eigenvalue weighted by molar-refractivity contribution is 5.95. The van der Waals surface area contributed by atoms with Crippen molar-refractivity contribution >= 4 is 17.8 Å². The monoisotopic (exact) mass is 456 g/mol. The Morgan fingerprint density at radius 2 is 1.33 bits per heavy atom. The molecule has 33 heavy (non-hydrogen) atoms. The van der Waals surface area contributed by atoms with Gasteiger partial charge in [-0.15, -0.1) is 0 Å². The molecule has 0 unspecified atom stereocenters. The molecule has 0 saturated heterocycles. The molecule has 0 heterocycles. The van der Waals surface area contributed by atoms with Gasteiger partial charge in [0.1, 0.15) is 11.5 Å². The van der Waals surface area contributed by atoms with E-state index in [0.717, 1.165) is 12.8 Å². The molecule has 2 N–H and O–H groups in total. The predicted molar refractivity (Wildman–Crippen MR) is 124 cm³/mol. The second-order valence-corrected chi connectivity index (χ2v) is 7.32. The Morgan fingerprint density at radius 1 is 0.727 bits per heavy atom. The van der Waals surface area contributed by atoms with E-state index >= 15 is 0 Å². The first kappa shape index (κ1) is 25.7. The summed E-state index contributed by atoms with van der Waals surface area (Å²) in [5.41, 5.74) is 5.43. The molecule has 0 radical (unpaired) electrons. The zero-order chi connectivity index (χ0) is 23.9. The molecule has 178 valence electrons. The van der Waals surface area contributed by atoms with Crippen LogP contribution in [0.25, 0.3) is 0 Å². The zero-order valence-electron chi connectivity index (χ0n) is 19.2. The van der Waals surface area contributed by atoms with Crippen molar-refractivity contribution < 1.29 is 28.6 Å². The summed E-state index contributed by atoms with van der Waals surface area (Å²) in [5, 5.41) is 0. The van der Waals surface area contributed by atoms with E-state index in [1.807, 2.05) is 0 Å². The summed E-state index contributed by atoms with van der Waals surface area (Å²) in [6.07, 6.45) is 5.83. The number of benzene rings is 2. The van der Waals surface area contributed by atoms with Gasteiger partial charge in [0.25, 0.3) is 11.8 Å². The average molecular weight is 457 g/mol. The lowest BCUT2D eigenvalue weighted by Crippen LogP contribution is -2.43. The smallest absolute Gasteiger partial charge is 0.338 e. The van der Waals surface area contributed by atoms with E-state index in [0.29, 0.717) is 35.8 Å². The summed E-state index contributed by atoms with van der Waals surface area (Å²) < 4.78 is 15.9. The molecule has 0 fully saturated rings. The summed E-state index contributed by atoms with van der Waals surface area (Å²) >= 11 is 0. The molecule has 2 amide bonds. The molecule has 8 nitrogen and oxygen atoms in total. The fourth-order valence-electron chi connectivity index (χ4n) is 2.88. The fraction of sp³-hybridized carbons (Fsp3) is 0.400. The minimum atomic E-state index is -0.527. The fourth-order valence-corrected chi connectivity index (χ4v) is 2.88. The van der Waals surface area contributed by atoms with Crippen molar-refractivity contribution in [1.82, 2.24) is 10.9 Å². The second-order valence-electron chi connectivity index (χ2n) is 7.32. The van der Waals surface area contributed by atoms with Crippen LogP contribution in [0, 0.1) is 0 Å². The quantitative estimate of drug-likeness (QED) is 0.268. The van der Waals surface area contributed by atoms with E-state index in [4.69, 9.17) is 14.2 Å². The number of hydrazine groups is 1. The van der Waals surface area contributed by atoms with E-state index in [9.17, 15) is 14.4 Å². The molecule has 0 saturated carbocycles. The molecule has 8 heteroatoms. The molecule has 0 aromatic heterocycles. The van der Waals surface area contributed by atoms with Crippen molar-refractivity contribution in [2.24, 2.45) is 0 Å². The van der Waals surface area contributed by atoms with Crippen molar-refractivity contribution in [1.29, 1.82) is 0 Å². The predicted octanol–water partition coefficient (Wildman–Crippen LogP) is 4.05. The van der Waals surface area contributed by atoms with Gasteiger partial charge in [0, 0.05) is 5.56 Å². The Labute approximate surface area is 194 Å². The summed E-state index contributed by atoms with van der Waals surface area (Å²) in [6, 6.07) is 12.9. The maximum atomic E-state index is 12.2. The number of hydrogen-bond acceptors (Lipinski definition) is 6. The number of carbonyl (C=O) groups is 3. The van der Waals surface area contributed by atoms with Crippen molar-refractivity contribution in [3.8, 4) is 11.5 Å². The topological polar surface area (TPSA) is 103 Å². The molecule has 2 aromatic carbocycles. The Balaban J connectivity index is 1.68. The molecule has 0 aliphatic carbocycles. The molecule has 0 spiro atoms. The molecule has 0 atom stereocenters. The lowest BCUT2D eigenvalue weighted by molar-refractivity contribution is -0.123. The van der Waals surface area contributed by atoms with Crippen LogP contribution in [0.4, 0.5) is 0 Å². The number of hydrogen-bond donors (Lipinski definition) is 2. The third-order valence-electron chi connectivity index (χ3n) is 4.68. The van der Waals surface area contributed by atoms with Crippen LogP contribution in [-0.2, 0) is 9.53 Å². The van der Waals surface area contributed by atoms with Crippen molar-refractivity contribution in [3.05, 3.63) is 59.7 Å². The van der Waals surface area contributed by atoms with Gasteiger partial charge in [-0.3, -0.25) is 20.4 Å². The van der Waals surface area contributed by atoms with Crippen LogP contribution in [0.3, 0.4) is 0 Å². The number of esters is 1. The first-order valence-corrected chi connectivity index (χ1v) is 11.3. The van der Waals surface area contributed by atoms with E-state index in [2.05, 4.69) is 17.8 Å². The second kappa shape index (κ2) is 14.5. The number of ether oxygens (including phenoxy) is 3. The maximum absolute atomic E-state index is 12.2. The third kappa shape index (κ3) is 9.64. The first-order chi connectivity index (χ1) is 16.0. The van der Waals surface area contributed by atoms with Gasteiger partial charge < -0.3 is 14.2 Å². The molecular formula is C25H32N2O6. The minimum absolute atomic E-state index is 0.292. The van der Waals surface area contributed by atoms with Gasteiger partial charge in [0.05, 0.1) is 18.8 Å². The summed E-state index contributed by atoms with van der Waals surface area (Å²) in [7, 11) is 0. The molecule has 2 aromatic rings. The van der Waals surface area contributed by atoms with Crippen molar-refractivity contribution in [2.75, 3.05) is 19.8 Å². The number of unbranched alkanes of at least 4 members (excludes halogenated alkanes) is 4. The highest BCUT2D eigenvalue weighted by atomic mass is 16.5. The van der Waals surface area contributed by atoms with E-state index in [1.165, 1.54) is 19.3 Å². The summed E-state index contributed by atoms with van der Waals surface area (Å²) in [4.78, 5) is 35.8. The Kier molecular flexibility index (Phi) is 11.3. The Hall–Kier alpha value is -3.55. The van der Waals surface area contributed by atoms with Crippen LogP contribution < -0.4 is 20.3 Å². The van der Waals surface area contributed by atoms with Gasteiger partial charge in [0.2, 0.25) is 0 Å². The van der Waals surface area contributed by atoms with Gasteiger partial charge in [-0.1, -0.05) is 32.6 Å². The van der Waals surface area contributed by atoms with Gasteiger partial charge in [0.15, 0.2) is 6.61 Å². The van der Waals surface area contributed by atoms with Crippen LogP contribution in [-0.4, -0.2) is 37.6 Å². The number of nitrogens with one attached hydrogen (secondary N) is 2. The van der Waals surface area contributed by atoms with Crippen LogP contribution in [0.5, 0.6) is 11.5 Å². The van der Waals surface area contributed by atoms with Crippen molar-refractivity contribution in [3.63, 3.8) is 0 Å². The molecule has 0 bridgehead atoms. The minimum Gasteiger partial charge on any atom is -0.494 e. The number of carbonyl (C=O) groups excluding carboxylic acids is 3. The van der Waals surface area contributed by atoms with Crippen LogP contribution in [0.15, 0.2) is 48.5 Å². The van der Waals surface area contributed by atoms with Crippen molar-refractivity contribution in [2.45, 2.75) is 46.0 Å². The number of amides is 2. The molecule has 2 rings (SSSR count). The van der Waals surface area contributed by atoms with E-state index < -0.39 is 17.8 Å². The lowest BCUT2D eigenvalue weighted by Gasteiger charge is -2.10. The van der Waals surface area contributed by atoms with Crippen LogP contribution in [0.2, 0.25) is 0 Å². The molecular weight excluding hydrogens is 424 g/mol. The van der Waals surface area contributed by atoms with Gasteiger partial charge in [-0.25, -0.2) is 4.79 Å². The largest absolute Gasteiger partial charge is 0.494 e. The standard InChI is InChI=1S/C25H32N2O6/c1-3-5-6-7-8-17-32-21-13-9-19(10-14-21)24(29)27-26-23(28)18-33-22-15-11-20(12-16-22)25(30)31-4-2/h9-16H,3-8,17-18H2,1-2H3,(H,26,28)(H,27,29).